The average molecular weight is 227 g/mol. The average Bonchev–Trinajstić information content (AvgIpc) is 2.62. The van der Waals surface area contributed by atoms with Crippen molar-refractivity contribution in [2.24, 2.45) is 17.1 Å². The highest BCUT2D eigenvalue weighted by atomic mass is 16.5. The lowest BCUT2D eigenvalue weighted by molar-refractivity contribution is -0.130. The second-order valence-corrected chi connectivity index (χ2v) is 5.22. The minimum atomic E-state index is -0.460. The summed E-state index contributed by atoms with van der Waals surface area (Å²) in [6.45, 7) is 4.51. The first-order valence-corrected chi connectivity index (χ1v) is 6.07. The van der Waals surface area contributed by atoms with E-state index >= 15 is 0 Å². The van der Waals surface area contributed by atoms with E-state index in [0.29, 0.717) is 25.6 Å². The molecule has 2 rings (SSSR count). The fourth-order valence-electron chi connectivity index (χ4n) is 2.42. The Morgan fingerprint density at radius 2 is 2.06 bits per heavy atom. The Kier molecular flexibility index (Phi) is 3.62. The van der Waals surface area contributed by atoms with Crippen LogP contribution in [0.3, 0.4) is 0 Å². The van der Waals surface area contributed by atoms with Crippen molar-refractivity contribution >= 4 is 5.78 Å². The second-order valence-electron chi connectivity index (χ2n) is 5.22. The van der Waals surface area contributed by atoms with E-state index < -0.39 is 5.41 Å². The van der Waals surface area contributed by atoms with E-state index in [1.54, 1.807) is 0 Å². The monoisotopic (exact) mass is 227 g/mol. The summed E-state index contributed by atoms with van der Waals surface area (Å²) in [7, 11) is 0. The zero-order chi connectivity index (χ0) is 11.6. The van der Waals surface area contributed by atoms with Crippen molar-refractivity contribution in [1.29, 1.82) is 0 Å². The zero-order valence-electron chi connectivity index (χ0n) is 9.91. The summed E-state index contributed by atoms with van der Waals surface area (Å²) in [5.74, 6) is 0.746. The predicted octanol–water partition coefficient (Wildman–Crippen LogP) is 0.736. The van der Waals surface area contributed by atoms with Crippen LogP contribution in [0.15, 0.2) is 0 Å². The van der Waals surface area contributed by atoms with Crippen LogP contribution in [0.5, 0.6) is 0 Å². The number of ketones is 1. The van der Waals surface area contributed by atoms with Crippen LogP contribution in [-0.4, -0.2) is 38.3 Å². The zero-order valence-corrected chi connectivity index (χ0v) is 9.91. The smallest absolute Gasteiger partial charge is 0.142 e. The van der Waals surface area contributed by atoms with E-state index in [2.05, 4.69) is 0 Å². The number of hydrogen-bond donors (Lipinski definition) is 1. The summed E-state index contributed by atoms with van der Waals surface area (Å²) in [4.78, 5) is 12.2. The Morgan fingerprint density at radius 1 is 1.38 bits per heavy atom. The Morgan fingerprint density at radius 3 is 2.62 bits per heavy atom. The summed E-state index contributed by atoms with van der Waals surface area (Å²) < 4.78 is 10.6. The molecule has 2 heterocycles. The maximum Gasteiger partial charge on any atom is 0.142 e. The fraction of sp³-hybridized carbons (Fsp3) is 0.917. The standard InChI is InChI=1S/C12H21NO3/c1-12(8-16-7-10(12)13)11(14)6-9-2-4-15-5-3-9/h9-10H,2-8,13H2,1H3. The molecular formula is C12H21NO3. The van der Waals surface area contributed by atoms with Crippen molar-refractivity contribution in [2.75, 3.05) is 26.4 Å². The van der Waals surface area contributed by atoms with Crippen molar-refractivity contribution in [3.63, 3.8) is 0 Å². The normalized spacial score (nSPS) is 36.5. The number of ether oxygens (including phenoxy) is 2. The van der Waals surface area contributed by atoms with E-state index in [0.717, 1.165) is 26.1 Å². The van der Waals surface area contributed by atoms with Gasteiger partial charge < -0.3 is 15.2 Å². The number of rotatable bonds is 3. The van der Waals surface area contributed by atoms with Crippen molar-refractivity contribution in [2.45, 2.75) is 32.2 Å². The molecule has 0 amide bonds. The number of carbonyl (C=O) groups is 1. The minimum Gasteiger partial charge on any atom is -0.381 e. The molecule has 0 radical (unpaired) electrons. The Bertz CT molecular complexity index is 263. The van der Waals surface area contributed by atoms with E-state index in [4.69, 9.17) is 15.2 Å². The summed E-state index contributed by atoms with van der Waals surface area (Å²) in [6.07, 6.45) is 2.63. The topological polar surface area (TPSA) is 61.5 Å². The van der Waals surface area contributed by atoms with Gasteiger partial charge in [0.15, 0.2) is 0 Å². The van der Waals surface area contributed by atoms with Gasteiger partial charge in [0.05, 0.1) is 18.6 Å². The largest absolute Gasteiger partial charge is 0.381 e. The van der Waals surface area contributed by atoms with Gasteiger partial charge in [-0.3, -0.25) is 4.79 Å². The van der Waals surface area contributed by atoms with Crippen LogP contribution >= 0.6 is 0 Å². The summed E-state index contributed by atoms with van der Waals surface area (Å²) in [5, 5.41) is 0. The van der Waals surface area contributed by atoms with Crippen LogP contribution < -0.4 is 5.73 Å². The van der Waals surface area contributed by atoms with Crippen LogP contribution in [-0.2, 0) is 14.3 Å². The molecule has 2 unspecified atom stereocenters. The third-order valence-corrected chi connectivity index (χ3v) is 3.97. The molecule has 0 bridgehead atoms. The van der Waals surface area contributed by atoms with Gasteiger partial charge in [-0.15, -0.1) is 0 Å². The molecule has 2 aliphatic heterocycles. The Labute approximate surface area is 96.5 Å². The van der Waals surface area contributed by atoms with Gasteiger partial charge in [-0.25, -0.2) is 0 Å². The van der Waals surface area contributed by atoms with Gasteiger partial charge in [0, 0.05) is 25.7 Å². The maximum atomic E-state index is 12.2. The Hall–Kier alpha value is -0.450. The third-order valence-electron chi connectivity index (χ3n) is 3.97. The predicted molar refractivity (Wildman–Crippen MR) is 60.1 cm³/mol. The molecule has 16 heavy (non-hydrogen) atoms. The lowest BCUT2D eigenvalue weighted by atomic mass is 9.77. The number of hydrogen-bond acceptors (Lipinski definition) is 4. The van der Waals surface area contributed by atoms with E-state index in [9.17, 15) is 4.79 Å². The van der Waals surface area contributed by atoms with E-state index in [1.165, 1.54) is 0 Å². The highest BCUT2D eigenvalue weighted by molar-refractivity contribution is 5.86. The maximum absolute atomic E-state index is 12.2. The molecule has 2 aliphatic rings. The van der Waals surface area contributed by atoms with Crippen molar-refractivity contribution < 1.29 is 14.3 Å². The summed E-state index contributed by atoms with van der Waals surface area (Å²) in [6, 6.07) is -0.139. The molecule has 2 atom stereocenters. The van der Waals surface area contributed by atoms with Crippen LogP contribution in [0, 0.1) is 11.3 Å². The highest BCUT2D eigenvalue weighted by Gasteiger charge is 2.44. The number of Topliss-reactive ketones (excluding diaryl/α,β-unsaturated/α-hetero) is 1. The molecular weight excluding hydrogens is 206 g/mol. The first-order valence-electron chi connectivity index (χ1n) is 6.07. The van der Waals surface area contributed by atoms with E-state index in [1.807, 2.05) is 6.92 Å². The molecule has 0 saturated carbocycles. The van der Waals surface area contributed by atoms with Crippen molar-refractivity contribution in [1.82, 2.24) is 0 Å². The molecule has 0 aromatic carbocycles. The SMILES string of the molecule is CC1(C(=O)CC2CCOCC2)COCC1N. The van der Waals surface area contributed by atoms with Gasteiger partial charge in [-0.05, 0) is 25.7 Å². The molecule has 4 heteroatoms. The highest BCUT2D eigenvalue weighted by Crippen LogP contribution is 2.32. The summed E-state index contributed by atoms with van der Waals surface area (Å²) >= 11 is 0. The van der Waals surface area contributed by atoms with Crippen molar-refractivity contribution in [3.05, 3.63) is 0 Å². The molecule has 0 spiro atoms. The van der Waals surface area contributed by atoms with Gasteiger partial charge in [-0.2, -0.15) is 0 Å². The lowest BCUT2D eigenvalue weighted by Gasteiger charge is -2.29. The first-order chi connectivity index (χ1) is 7.63. The molecule has 0 aromatic rings. The molecule has 0 aromatic heterocycles. The van der Waals surface area contributed by atoms with Gasteiger partial charge in [0.25, 0.3) is 0 Å². The molecule has 2 fully saturated rings. The van der Waals surface area contributed by atoms with Gasteiger partial charge in [-0.1, -0.05) is 0 Å². The third kappa shape index (κ3) is 2.29. The molecule has 92 valence electrons. The fourth-order valence-corrected chi connectivity index (χ4v) is 2.42. The van der Waals surface area contributed by atoms with Gasteiger partial charge >= 0.3 is 0 Å². The molecule has 0 aliphatic carbocycles. The molecule has 4 nitrogen and oxygen atoms in total. The lowest BCUT2D eigenvalue weighted by Crippen LogP contribution is -2.45. The van der Waals surface area contributed by atoms with Crippen LogP contribution in [0.2, 0.25) is 0 Å². The van der Waals surface area contributed by atoms with Crippen molar-refractivity contribution in [3.8, 4) is 0 Å². The number of nitrogens with two attached hydrogens (primary N) is 1. The quantitative estimate of drug-likeness (QED) is 0.772. The van der Waals surface area contributed by atoms with E-state index in [-0.39, 0.29) is 11.8 Å². The first kappa shape index (κ1) is 12.0. The van der Waals surface area contributed by atoms with Crippen LogP contribution in [0.4, 0.5) is 0 Å². The van der Waals surface area contributed by atoms with Gasteiger partial charge in [0.1, 0.15) is 5.78 Å². The summed E-state index contributed by atoms with van der Waals surface area (Å²) in [5.41, 5.74) is 5.49. The van der Waals surface area contributed by atoms with Crippen LogP contribution in [0.25, 0.3) is 0 Å². The molecule has 2 N–H and O–H groups in total. The Balaban J connectivity index is 1.91. The van der Waals surface area contributed by atoms with Gasteiger partial charge in [0.2, 0.25) is 0 Å². The molecule has 2 saturated heterocycles. The number of carbonyl (C=O) groups excluding carboxylic acids is 1. The van der Waals surface area contributed by atoms with Crippen LogP contribution in [0.1, 0.15) is 26.2 Å². The minimum absolute atomic E-state index is 0.139. The second kappa shape index (κ2) is 4.82.